The molecular weight excluding hydrogens is 481 g/mol. The zero-order chi connectivity index (χ0) is 21.4. The SMILES string of the molecule is COC(=O)C1(C(C)OS(=O)C(F)(F)F)CC(c2ccc3ncc(Br)cc3c2)=NO1. The lowest BCUT2D eigenvalue weighted by Gasteiger charge is -2.29. The molecule has 0 saturated heterocycles. The maximum atomic E-state index is 12.6. The minimum absolute atomic E-state index is 0.233. The number of benzene rings is 1. The highest BCUT2D eigenvalue weighted by Crippen LogP contribution is 2.35. The zero-order valence-electron chi connectivity index (χ0n) is 15.0. The number of fused-ring (bicyclic) bond motifs is 1. The molecule has 29 heavy (non-hydrogen) atoms. The van der Waals surface area contributed by atoms with Crippen LogP contribution in [0.15, 0.2) is 40.1 Å². The van der Waals surface area contributed by atoms with E-state index in [1.807, 2.05) is 6.07 Å². The van der Waals surface area contributed by atoms with Crippen LogP contribution < -0.4 is 0 Å². The topological polar surface area (TPSA) is 87.1 Å². The number of hydrogen-bond acceptors (Lipinski definition) is 7. The Morgan fingerprint density at radius 2 is 2.10 bits per heavy atom. The van der Waals surface area contributed by atoms with Gasteiger partial charge in [-0.3, -0.25) is 9.17 Å². The lowest BCUT2D eigenvalue weighted by atomic mass is 9.89. The molecule has 3 unspecified atom stereocenters. The minimum Gasteiger partial charge on any atom is -0.466 e. The number of hydrogen-bond donors (Lipinski definition) is 0. The lowest BCUT2D eigenvalue weighted by molar-refractivity contribution is -0.177. The molecular formula is C17H14BrF3N2O5S. The maximum Gasteiger partial charge on any atom is 0.497 e. The van der Waals surface area contributed by atoms with Crippen LogP contribution in [0, 0.1) is 0 Å². The fourth-order valence-corrected chi connectivity index (χ4v) is 3.69. The van der Waals surface area contributed by atoms with Crippen molar-refractivity contribution in [1.82, 2.24) is 4.98 Å². The highest BCUT2D eigenvalue weighted by atomic mass is 79.9. The molecule has 156 valence electrons. The van der Waals surface area contributed by atoms with Gasteiger partial charge in [0.25, 0.3) is 16.7 Å². The van der Waals surface area contributed by atoms with Gasteiger partial charge in [0.05, 0.1) is 24.8 Å². The van der Waals surface area contributed by atoms with Crippen molar-refractivity contribution in [3.8, 4) is 0 Å². The van der Waals surface area contributed by atoms with Crippen LogP contribution in [0.1, 0.15) is 18.9 Å². The average Bonchev–Trinajstić information content (AvgIpc) is 3.12. The van der Waals surface area contributed by atoms with Crippen LogP contribution in [0.3, 0.4) is 0 Å². The molecule has 7 nitrogen and oxygen atoms in total. The second kappa shape index (κ2) is 8.00. The number of oxime groups is 1. The van der Waals surface area contributed by atoms with E-state index in [0.29, 0.717) is 16.8 Å². The van der Waals surface area contributed by atoms with E-state index in [0.717, 1.165) is 23.9 Å². The first-order valence-corrected chi connectivity index (χ1v) is 9.98. The molecule has 0 saturated carbocycles. The van der Waals surface area contributed by atoms with E-state index in [9.17, 15) is 22.2 Å². The Labute approximate surface area is 174 Å². The summed E-state index contributed by atoms with van der Waals surface area (Å²) >= 11 is -0.308. The molecule has 2 aromatic rings. The van der Waals surface area contributed by atoms with E-state index in [1.54, 1.807) is 24.4 Å². The Morgan fingerprint density at radius 1 is 1.38 bits per heavy atom. The van der Waals surface area contributed by atoms with Gasteiger partial charge in [-0.05, 0) is 41.1 Å². The predicted molar refractivity (Wildman–Crippen MR) is 101 cm³/mol. The van der Waals surface area contributed by atoms with E-state index in [4.69, 9.17) is 4.84 Å². The molecule has 3 atom stereocenters. The number of rotatable bonds is 5. The second-order valence-electron chi connectivity index (χ2n) is 6.17. The predicted octanol–water partition coefficient (Wildman–Crippen LogP) is 3.62. The molecule has 12 heteroatoms. The van der Waals surface area contributed by atoms with Gasteiger partial charge in [-0.2, -0.15) is 13.2 Å². The van der Waals surface area contributed by atoms with Crippen molar-refractivity contribution in [2.45, 2.75) is 30.6 Å². The maximum absolute atomic E-state index is 12.6. The normalized spacial score (nSPS) is 21.4. The van der Waals surface area contributed by atoms with Crippen LogP contribution in [-0.2, 0) is 29.6 Å². The Balaban J connectivity index is 1.90. The van der Waals surface area contributed by atoms with Crippen molar-refractivity contribution in [3.63, 3.8) is 0 Å². The number of carbonyl (C=O) groups excluding carboxylic acids is 1. The zero-order valence-corrected chi connectivity index (χ0v) is 17.4. The van der Waals surface area contributed by atoms with Gasteiger partial charge in [-0.1, -0.05) is 11.2 Å². The van der Waals surface area contributed by atoms with Gasteiger partial charge in [0.2, 0.25) is 0 Å². The summed E-state index contributed by atoms with van der Waals surface area (Å²) in [4.78, 5) is 21.8. The number of ether oxygens (including phenoxy) is 1. The van der Waals surface area contributed by atoms with Gasteiger partial charge >= 0.3 is 11.5 Å². The van der Waals surface area contributed by atoms with Crippen molar-refractivity contribution in [2.75, 3.05) is 7.11 Å². The van der Waals surface area contributed by atoms with Crippen LogP contribution in [0.4, 0.5) is 13.2 Å². The molecule has 1 aliphatic rings. The summed E-state index contributed by atoms with van der Waals surface area (Å²) in [7, 11) is 1.05. The van der Waals surface area contributed by atoms with E-state index < -0.39 is 34.3 Å². The summed E-state index contributed by atoms with van der Waals surface area (Å²) in [6, 6.07) is 7.00. The molecule has 1 aromatic heterocycles. The first-order chi connectivity index (χ1) is 13.6. The Hall–Kier alpha value is -2.05. The lowest BCUT2D eigenvalue weighted by Crippen LogP contribution is -2.51. The third kappa shape index (κ3) is 4.28. The molecule has 2 heterocycles. The highest BCUT2D eigenvalue weighted by Gasteiger charge is 2.55. The van der Waals surface area contributed by atoms with E-state index in [-0.39, 0.29) is 6.42 Å². The third-order valence-electron chi connectivity index (χ3n) is 4.34. The van der Waals surface area contributed by atoms with Gasteiger partial charge < -0.3 is 9.57 Å². The fourth-order valence-electron chi connectivity index (χ4n) is 2.82. The number of aromatic nitrogens is 1. The summed E-state index contributed by atoms with van der Waals surface area (Å²) in [5.74, 6) is -0.992. The van der Waals surface area contributed by atoms with Crippen molar-refractivity contribution in [1.29, 1.82) is 0 Å². The van der Waals surface area contributed by atoms with Crippen LogP contribution in [-0.4, -0.2) is 45.2 Å². The Bertz CT molecular complexity index is 1020. The van der Waals surface area contributed by atoms with Crippen molar-refractivity contribution in [3.05, 3.63) is 40.5 Å². The highest BCUT2D eigenvalue weighted by molar-refractivity contribution is 9.10. The van der Waals surface area contributed by atoms with Gasteiger partial charge in [0.15, 0.2) is 0 Å². The van der Waals surface area contributed by atoms with E-state index in [1.165, 1.54) is 0 Å². The molecule has 0 spiro atoms. The Morgan fingerprint density at radius 3 is 2.76 bits per heavy atom. The molecule has 3 rings (SSSR count). The summed E-state index contributed by atoms with van der Waals surface area (Å²) in [6.07, 6.45) is -0.154. The third-order valence-corrected chi connectivity index (χ3v) is 5.61. The Kier molecular flexibility index (Phi) is 5.97. The van der Waals surface area contributed by atoms with Gasteiger partial charge in [-0.15, -0.1) is 0 Å². The number of alkyl halides is 3. The van der Waals surface area contributed by atoms with E-state index >= 15 is 0 Å². The second-order valence-corrected chi connectivity index (χ2v) is 8.21. The van der Waals surface area contributed by atoms with Crippen molar-refractivity contribution in [2.24, 2.45) is 5.16 Å². The largest absolute Gasteiger partial charge is 0.497 e. The molecule has 1 aliphatic heterocycles. The monoisotopic (exact) mass is 494 g/mol. The molecule has 0 amide bonds. The fraction of sp³-hybridized carbons (Fsp3) is 0.353. The number of esters is 1. The van der Waals surface area contributed by atoms with E-state index in [2.05, 4.69) is 35.0 Å². The number of nitrogens with zero attached hydrogens (tertiary/aromatic N) is 2. The smallest absolute Gasteiger partial charge is 0.466 e. The quantitative estimate of drug-likeness (QED) is 0.590. The van der Waals surface area contributed by atoms with Crippen LogP contribution in [0.25, 0.3) is 10.9 Å². The van der Waals surface area contributed by atoms with Crippen LogP contribution in [0.5, 0.6) is 0 Å². The first kappa shape index (κ1) is 21.7. The number of halogens is 4. The molecule has 1 aromatic carbocycles. The molecule has 0 aliphatic carbocycles. The van der Waals surface area contributed by atoms with Crippen molar-refractivity contribution < 1.29 is 35.9 Å². The standard InChI is InChI=1S/C17H14BrF3N2O5S/c1-9(27-29(25)17(19,20)21)16(15(24)26-2)7-14(23-28-16)10-3-4-13-11(5-10)6-12(18)8-22-13/h3-6,8-9H,7H2,1-2H3. The molecule has 0 radical (unpaired) electrons. The van der Waals surface area contributed by atoms with Gasteiger partial charge in [0.1, 0.15) is 6.10 Å². The van der Waals surface area contributed by atoms with Crippen molar-refractivity contribution >= 4 is 49.6 Å². The summed E-state index contributed by atoms with van der Waals surface area (Å²) in [5, 5.41) is 4.65. The minimum atomic E-state index is -5.10. The first-order valence-electron chi connectivity index (χ1n) is 8.11. The van der Waals surface area contributed by atoms with Crippen LogP contribution in [0.2, 0.25) is 0 Å². The van der Waals surface area contributed by atoms with Gasteiger partial charge in [-0.25, -0.2) is 9.00 Å². The summed E-state index contributed by atoms with van der Waals surface area (Å²) < 4.78 is 59.1. The number of methoxy groups -OCH3 is 1. The van der Waals surface area contributed by atoms with Crippen LogP contribution >= 0.6 is 15.9 Å². The summed E-state index contributed by atoms with van der Waals surface area (Å²) in [6.45, 7) is 1.14. The average molecular weight is 495 g/mol. The number of pyridine rings is 1. The van der Waals surface area contributed by atoms with Gasteiger partial charge in [0, 0.05) is 21.6 Å². The molecule has 0 bridgehead atoms. The summed E-state index contributed by atoms with van der Waals surface area (Å²) in [5.41, 5.74) is -5.52. The molecule has 0 fully saturated rings. The number of carbonyl (C=O) groups is 1. The molecule has 0 N–H and O–H groups in total.